The molecule has 3 amide bonds. The lowest BCUT2D eigenvalue weighted by Crippen LogP contribution is -2.30. The van der Waals surface area contributed by atoms with E-state index < -0.39 is 11.9 Å². The quantitative estimate of drug-likeness (QED) is 0.640. The normalized spacial score (nSPS) is 16.1. The largest absolute Gasteiger partial charge is 0.507 e. The van der Waals surface area contributed by atoms with Crippen molar-refractivity contribution in [3.05, 3.63) is 63.8 Å². The molecule has 0 radical (unpaired) electrons. The Hall–Kier alpha value is -2.50. The third-order valence-corrected chi connectivity index (χ3v) is 3.74. The molecule has 1 aliphatic rings. The molecule has 0 unspecified atom stereocenters. The number of rotatable bonds is 2. The van der Waals surface area contributed by atoms with Crippen LogP contribution in [0, 0.1) is 0 Å². The number of benzene rings is 2. The molecule has 1 heterocycles. The highest BCUT2D eigenvalue weighted by molar-refractivity contribution is 6.32. The van der Waals surface area contributed by atoms with E-state index in [0.29, 0.717) is 21.3 Å². The number of hydrogen-bond acceptors (Lipinski definition) is 3. The summed E-state index contributed by atoms with van der Waals surface area (Å²) in [5.41, 5.74) is 0.775. The van der Waals surface area contributed by atoms with Gasteiger partial charge < -0.3 is 10.4 Å². The van der Waals surface area contributed by atoms with Gasteiger partial charge in [0.05, 0.1) is 5.69 Å². The number of carbonyl (C=O) groups excluding carboxylic acids is 2. The number of imide groups is 1. The molecule has 0 atom stereocenters. The maximum absolute atomic E-state index is 12.4. The van der Waals surface area contributed by atoms with Crippen LogP contribution in [0.2, 0.25) is 10.0 Å². The minimum atomic E-state index is -0.579. The van der Waals surface area contributed by atoms with Crippen LogP contribution in [0.5, 0.6) is 5.75 Å². The highest BCUT2D eigenvalue weighted by atomic mass is 35.5. The van der Waals surface area contributed by atoms with Crippen molar-refractivity contribution in [3.8, 4) is 5.75 Å². The van der Waals surface area contributed by atoms with Crippen LogP contribution < -0.4 is 10.2 Å². The number of hydrogen-bond donors (Lipinski definition) is 2. The zero-order chi connectivity index (χ0) is 16.6. The van der Waals surface area contributed by atoms with Crippen LogP contribution in [-0.2, 0) is 4.79 Å². The van der Waals surface area contributed by atoms with E-state index in [0.717, 1.165) is 4.90 Å². The second kappa shape index (κ2) is 5.95. The number of phenolic OH excluding ortho intramolecular Hbond substituents is 1. The monoisotopic (exact) mass is 348 g/mol. The van der Waals surface area contributed by atoms with Gasteiger partial charge in [0, 0.05) is 15.6 Å². The summed E-state index contributed by atoms with van der Waals surface area (Å²) in [7, 11) is 0. The third-order valence-electron chi connectivity index (χ3n) is 3.25. The molecule has 1 saturated heterocycles. The Morgan fingerprint density at radius 2 is 1.65 bits per heavy atom. The summed E-state index contributed by atoms with van der Waals surface area (Å²) in [6, 6.07) is 10.2. The van der Waals surface area contributed by atoms with Crippen molar-refractivity contribution in [2.45, 2.75) is 0 Å². The highest BCUT2D eigenvalue weighted by Crippen LogP contribution is 2.27. The highest BCUT2D eigenvalue weighted by Gasteiger charge is 2.34. The van der Waals surface area contributed by atoms with E-state index in [-0.39, 0.29) is 11.4 Å². The van der Waals surface area contributed by atoms with Gasteiger partial charge >= 0.3 is 6.03 Å². The predicted molar refractivity (Wildman–Crippen MR) is 88.6 cm³/mol. The average Bonchev–Trinajstić information content (AvgIpc) is 2.79. The lowest BCUT2D eigenvalue weighted by Gasteiger charge is -2.11. The lowest BCUT2D eigenvalue weighted by molar-refractivity contribution is -0.113. The van der Waals surface area contributed by atoms with Gasteiger partial charge in [-0.05, 0) is 48.5 Å². The first-order valence-corrected chi connectivity index (χ1v) is 7.32. The van der Waals surface area contributed by atoms with Crippen LogP contribution in [0.3, 0.4) is 0 Å². The molecule has 7 heteroatoms. The molecule has 2 N–H and O–H groups in total. The van der Waals surface area contributed by atoms with Crippen molar-refractivity contribution < 1.29 is 14.7 Å². The third kappa shape index (κ3) is 3.02. The number of phenols is 1. The van der Waals surface area contributed by atoms with Gasteiger partial charge in [0.1, 0.15) is 11.4 Å². The van der Waals surface area contributed by atoms with Crippen molar-refractivity contribution >= 4 is 46.9 Å². The van der Waals surface area contributed by atoms with Crippen molar-refractivity contribution in [1.29, 1.82) is 0 Å². The SMILES string of the molecule is O=C1N/C(=C/c2cc(Cl)ccc2O)C(=O)N1c1ccc(Cl)cc1. The number of carbonyl (C=O) groups is 2. The topological polar surface area (TPSA) is 69.6 Å². The first-order chi connectivity index (χ1) is 11.0. The Morgan fingerprint density at radius 1 is 1.00 bits per heavy atom. The summed E-state index contributed by atoms with van der Waals surface area (Å²) in [6.45, 7) is 0. The first kappa shape index (κ1) is 15.4. The smallest absolute Gasteiger partial charge is 0.333 e. The number of nitrogens with one attached hydrogen (secondary N) is 1. The standard InChI is InChI=1S/C16H10Cl2N2O3/c17-10-1-4-12(5-2-10)20-15(22)13(19-16(20)23)8-9-7-11(18)3-6-14(9)21/h1-8,21H,(H,19,23)/b13-8+. The van der Waals surface area contributed by atoms with Gasteiger partial charge in [0.15, 0.2) is 0 Å². The minimum absolute atomic E-state index is 0.0440. The van der Waals surface area contributed by atoms with E-state index in [1.807, 2.05) is 0 Å². The molecule has 1 fully saturated rings. The fourth-order valence-corrected chi connectivity index (χ4v) is 2.46. The fraction of sp³-hybridized carbons (Fsp3) is 0. The molecular formula is C16H10Cl2N2O3. The van der Waals surface area contributed by atoms with E-state index in [9.17, 15) is 14.7 Å². The van der Waals surface area contributed by atoms with Gasteiger partial charge in [-0.3, -0.25) is 4.79 Å². The predicted octanol–water partition coefficient (Wildman–Crippen LogP) is 3.80. The summed E-state index contributed by atoms with van der Waals surface area (Å²) in [5.74, 6) is -0.578. The van der Waals surface area contributed by atoms with E-state index in [4.69, 9.17) is 23.2 Å². The van der Waals surface area contributed by atoms with Crippen molar-refractivity contribution in [1.82, 2.24) is 5.32 Å². The van der Waals surface area contributed by atoms with Crippen LogP contribution in [-0.4, -0.2) is 17.0 Å². The molecule has 0 saturated carbocycles. The molecule has 5 nitrogen and oxygen atoms in total. The van der Waals surface area contributed by atoms with Gasteiger partial charge in [-0.1, -0.05) is 23.2 Å². The second-order valence-corrected chi connectivity index (χ2v) is 5.68. The molecule has 1 aliphatic heterocycles. The van der Waals surface area contributed by atoms with Gasteiger partial charge in [0.25, 0.3) is 5.91 Å². The maximum atomic E-state index is 12.4. The molecule has 0 spiro atoms. The molecule has 0 aliphatic carbocycles. The van der Waals surface area contributed by atoms with E-state index in [2.05, 4.69) is 5.32 Å². The van der Waals surface area contributed by atoms with E-state index in [1.54, 1.807) is 24.3 Å². The number of anilines is 1. The fourth-order valence-electron chi connectivity index (χ4n) is 2.16. The van der Waals surface area contributed by atoms with Crippen LogP contribution in [0.15, 0.2) is 48.2 Å². The molecule has 23 heavy (non-hydrogen) atoms. The van der Waals surface area contributed by atoms with Gasteiger partial charge in [0.2, 0.25) is 0 Å². The van der Waals surface area contributed by atoms with Gasteiger partial charge in [-0.2, -0.15) is 0 Å². The van der Waals surface area contributed by atoms with E-state index >= 15 is 0 Å². The second-order valence-electron chi connectivity index (χ2n) is 4.81. The number of nitrogens with zero attached hydrogens (tertiary/aromatic N) is 1. The van der Waals surface area contributed by atoms with Gasteiger partial charge in [-0.25, -0.2) is 9.69 Å². The molecule has 2 aromatic carbocycles. The number of halogens is 2. The van der Waals surface area contributed by atoms with Crippen LogP contribution in [0.4, 0.5) is 10.5 Å². The number of aromatic hydroxyl groups is 1. The van der Waals surface area contributed by atoms with Crippen LogP contribution >= 0.6 is 23.2 Å². The molecule has 0 bridgehead atoms. The summed E-state index contributed by atoms with van der Waals surface area (Å²) < 4.78 is 0. The van der Waals surface area contributed by atoms with Crippen molar-refractivity contribution in [2.24, 2.45) is 0 Å². The Morgan fingerprint density at radius 3 is 2.35 bits per heavy atom. The summed E-state index contributed by atoms with van der Waals surface area (Å²) in [6.07, 6.45) is 1.37. The summed E-state index contributed by atoms with van der Waals surface area (Å²) in [5, 5.41) is 13.2. The molecule has 116 valence electrons. The molecule has 0 aromatic heterocycles. The zero-order valence-corrected chi connectivity index (χ0v) is 13.1. The summed E-state index contributed by atoms with van der Waals surface area (Å²) in [4.78, 5) is 25.5. The van der Waals surface area contributed by atoms with Crippen LogP contribution in [0.25, 0.3) is 6.08 Å². The van der Waals surface area contributed by atoms with Crippen molar-refractivity contribution in [3.63, 3.8) is 0 Å². The Bertz CT molecular complexity index is 832. The number of urea groups is 1. The molecule has 3 rings (SSSR count). The van der Waals surface area contributed by atoms with Gasteiger partial charge in [-0.15, -0.1) is 0 Å². The maximum Gasteiger partial charge on any atom is 0.333 e. The number of amides is 3. The average molecular weight is 349 g/mol. The lowest BCUT2D eigenvalue weighted by atomic mass is 10.1. The van der Waals surface area contributed by atoms with Crippen molar-refractivity contribution in [2.75, 3.05) is 4.90 Å². The van der Waals surface area contributed by atoms with E-state index in [1.165, 1.54) is 24.3 Å². The summed E-state index contributed by atoms with van der Waals surface area (Å²) >= 11 is 11.7. The van der Waals surface area contributed by atoms with Crippen LogP contribution in [0.1, 0.15) is 5.56 Å². The zero-order valence-electron chi connectivity index (χ0n) is 11.6. The molecular weight excluding hydrogens is 339 g/mol. The first-order valence-electron chi connectivity index (χ1n) is 6.57. The molecule has 2 aromatic rings. The minimum Gasteiger partial charge on any atom is -0.507 e. The Kier molecular flexibility index (Phi) is 3.98. The Balaban J connectivity index is 1.96. The Labute approximate surface area is 141 Å².